The lowest BCUT2D eigenvalue weighted by Gasteiger charge is -2.37. The van der Waals surface area contributed by atoms with Crippen molar-refractivity contribution >= 4 is 0 Å². The third-order valence-corrected chi connectivity index (χ3v) is 5.25. The van der Waals surface area contributed by atoms with Crippen LogP contribution in [0.4, 0.5) is 4.39 Å². The largest absolute Gasteiger partial charge is 0.396 e. The van der Waals surface area contributed by atoms with Gasteiger partial charge in [-0.3, -0.25) is 0 Å². The van der Waals surface area contributed by atoms with Gasteiger partial charge in [0.1, 0.15) is 6.17 Å². The molecule has 0 aromatic rings. The van der Waals surface area contributed by atoms with E-state index in [1.807, 2.05) is 0 Å². The van der Waals surface area contributed by atoms with E-state index in [0.29, 0.717) is 5.92 Å². The maximum absolute atomic E-state index is 14.2. The van der Waals surface area contributed by atoms with Crippen molar-refractivity contribution in [2.45, 2.75) is 76.8 Å². The highest BCUT2D eigenvalue weighted by molar-refractivity contribution is 4.84. The average molecular weight is 256 g/mol. The van der Waals surface area contributed by atoms with Crippen molar-refractivity contribution < 1.29 is 9.50 Å². The van der Waals surface area contributed by atoms with Gasteiger partial charge in [-0.2, -0.15) is 0 Å². The number of rotatable bonds is 5. The lowest BCUT2D eigenvalue weighted by Crippen LogP contribution is -2.31. The molecular formula is C16H29FO. The summed E-state index contributed by atoms with van der Waals surface area (Å²) in [5.41, 5.74) is 0. The molecule has 0 spiro atoms. The van der Waals surface area contributed by atoms with Crippen LogP contribution in [0.3, 0.4) is 0 Å². The first-order chi connectivity index (χ1) is 8.81. The van der Waals surface area contributed by atoms with Gasteiger partial charge in [-0.25, -0.2) is 4.39 Å². The second kappa shape index (κ2) is 7.47. The highest BCUT2D eigenvalue weighted by Gasteiger charge is 2.34. The number of hydrogen-bond donors (Lipinski definition) is 1. The van der Waals surface area contributed by atoms with Crippen molar-refractivity contribution in [1.82, 2.24) is 0 Å². The van der Waals surface area contributed by atoms with E-state index in [-0.39, 0.29) is 12.5 Å². The Bertz CT molecular complexity index is 225. The minimum absolute atomic E-state index is 0.258. The molecule has 0 bridgehead atoms. The van der Waals surface area contributed by atoms with Crippen molar-refractivity contribution in [3.63, 3.8) is 0 Å². The molecule has 2 saturated carbocycles. The summed E-state index contributed by atoms with van der Waals surface area (Å²) >= 11 is 0. The van der Waals surface area contributed by atoms with Crippen molar-refractivity contribution in [2.75, 3.05) is 6.61 Å². The molecule has 2 fully saturated rings. The molecular weight excluding hydrogens is 227 g/mol. The first-order valence-electron chi connectivity index (χ1n) is 8.06. The van der Waals surface area contributed by atoms with Crippen LogP contribution < -0.4 is 0 Å². The molecule has 18 heavy (non-hydrogen) atoms. The molecule has 2 aliphatic carbocycles. The molecule has 3 unspecified atom stereocenters. The lowest BCUT2D eigenvalue weighted by molar-refractivity contribution is 0.0775. The molecule has 2 heteroatoms. The van der Waals surface area contributed by atoms with E-state index in [4.69, 9.17) is 5.11 Å². The molecule has 0 heterocycles. The third kappa shape index (κ3) is 3.94. The molecule has 1 N–H and O–H groups in total. The molecule has 0 radical (unpaired) electrons. The maximum atomic E-state index is 14.2. The summed E-state index contributed by atoms with van der Waals surface area (Å²) in [6, 6.07) is 0. The summed E-state index contributed by atoms with van der Waals surface area (Å²) in [7, 11) is 0. The summed E-state index contributed by atoms with van der Waals surface area (Å²) in [6.45, 7) is 0.258. The summed E-state index contributed by atoms with van der Waals surface area (Å²) in [5, 5.41) is 8.78. The van der Waals surface area contributed by atoms with E-state index in [2.05, 4.69) is 0 Å². The normalized spacial score (nSPS) is 34.7. The topological polar surface area (TPSA) is 20.2 Å². The number of alkyl halides is 1. The zero-order valence-electron chi connectivity index (χ0n) is 11.6. The molecule has 1 nitrogen and oxygen atoms in total. The van der Waals surface area contributed by atoms with Gasteiger partial charge in [-0.1, -0.05) is 38.5 Å². The van der Waals surface area contributed by atoms with Gasteiger partial charge in [0.15, 0.2) is 0 Å². The van der Waals surface area contributed by atoms with Gasteiger partial charge in [-0.05, 0) is 49.9 Å². The SMILES string of the molecule is OCCCCC1CCC(C2CCCCC2)CC1F. The molecule has 0 aromatic carbocycles. The Labute approximate surface area is 111 Å². The molecule has 106 valence electrons. The third-order valence-electron chi connectivity index (χ3n) is 5.25. The summed E-state index contributed by atoms with van der Waals surface area (Å²) in [5.74, 6) is 1.79. The quantitative estimate of drug-likeness (QED) is 0.719. The van der Waals surface area contributed by atoms with E-state index in [9.17, 15) is 4.39 Å². The van der Waals surface area contributed by atoms with Gasteiger partial charge in [-0.15, -0.1) is 0 Å². The van der Waals surface area contributed by atoms with Crippen LogP contribution in [0.1, 0.15) is 70.6 Å². The number of aliphatic hydroxyl groups is 1. The van der Waals surface area contributed by atoms with E-state index in [1.54, 1.807) is 0 Å². The van der Waals surface area contributed by atoms with Gasteiger partial charge in [0.05, 0.1) is 0 Å². The summed E-state index contributed by atoms with van der Waals surface area (Å²) < 4.78 is 14.2. The van der Waals surface area contributed by atoms with E-state index in [1.165, 1.54) is 38.5 Å². The lowest BCUT2D eigenvalue weighted by atomic mass is 9.69. The van der Waals surface area contributed by atoms with Crippen LogP contribution in [-0.2, 0) is 0 Å². The smallest absolute Gasteiger partial charge is 0.103 e. The molecule has 0 saturated heterocycles. The van der Waals surface area contributed by atoms with Gasteiger partial charge in [0.2, 0.25) is 0 Å². The van der Waals surface area contributed by atoms with Crippen molar-refractivity contribution in [3.05, 3.63) is 0 Å². The van der Waals surface area contributed by atoms with Crippen LogP contribution in [0.25, 0.3) is 0 Å². The number of hydrogen-bond acceptors (Lipinski definition) is 1. The fourth-order valence-electron chi connectivity index (χ4n) is 4.09. The monoisotopic (exact) mass is 256 g/mol. The van der Waals surface area contributed by atoms with Crippen LogP contribution in [0.2, 0.25) is 0 Å². The predicted molar refractivity (Wildman–Crippen MR) is 73.2 cm³/mol. The zero-order chi connectivity index (χ0) is 12.8. The van der Waals surface area contributed by atoms with Crippen molar-refractivity contribution in [2.24, 2.45) is 17.8 Å². The Morgan fingerprint density at radius 2 is 1.67 bits per heavy atom. The molecule has 3 atom stereocenters. The van der Waals surface area contributed by atoms with E-state index in [0.717, 1.165) is 38.0 Å². The summed E-state index contributed by atoms with van der Waals surface area (Å²) in [4.78, 5) is 0. The molecule has 2 rings (SSSR count). The van der Waals surface area contributed by atoms with Crippen molar-refractivity contribution in [1.29, 1.82) is 0 Å². The number of unbranched alkanes of at least 4 members (excludes halogenated alkanes) is 1. The van der Waals surface area contributed by atoms with Gasteiger partial charge >= 0.3 is 0 Å². The summed E-state index contributed by atoms with van der Waals surface area (Å²) in [6.07, 6.45) is 12.3. The highest BCUT2D eigenvalue weighted by atomic mass is 19.1. The second-order valence-electron chi connectivity index (χ2n) is 6.47. The van der Waals surface area contributed by atoms with E-state index < -0.39 is 6.17 Å². The molecule has 0 aromatic heterocycles. The zero-order valence-corrected chi connectivity index (χ0v) is 11.6. The Balaban J connectivity index is 1.73. The van der Waals surface area contributed by atoms with Crippen LogP contribution in [-0.4, -0.2) is 17.9 Å². The molecule has 0 amide bonds. The average Bonchev–Trinajstić information content (AvgIpc) is 2.42. The van der Waals surface area contributed by atoms with Gasteiger partial charge < -0.3 is 5.11 Å². The standard InChI is InChI=1S/C16H29FO/c17-16-12-15(13-6-2-1-3-7-13)10-9-14(16)8-4-5-11-18/h13-16,18H,1-12H2. The Morgan fingerprint density at radius 3 is 2.33 bits per heavy atom. The Kier molecular flexibility index (Phi) is 5.94. The minimum Gasteiger partial charge on any atom is -0.396 e. The van der Waals surface area contributed by atoms with Crippen LogP contribution >= 0.6 is 0 Å². The van der Waals surface area contributed by atoms with E-state index >= 15 is 0 Å². The fraction of sp³-hybridized carbons (Fsp3) is 1.00. The maximum Gasteiger partial charge on any atom is 0.103 e. The number of halogens is 1. The van der Waals surface area contributed by atoms with Gasteiger partial charge in [0.25, 0.3) is 0 Å². The number of aliphatic hydroxyl groups excluding tert-OH is 1. The fourth-order valence-corrected chi connectivity index (χ4v) is 4.09. The highest BCUT2D eigenvalue weighted by Crippen LogP contribution is 2.42. The Hall–Kier alpha value is -0.110. The minimum atomic E-state index is -0.565. The molecule has 0 aliphatic heterocycles. The second-order valence-corrected chi connectivity index (χ2v) is 6.47. The van der Waals surface area contributed by atoms with Crippen LogP contribution in [0.15, 0.2) is 0 Å². The van der Waals surface area contributed by atoms with Crippen LogP contribution in [0.5, 0.6) is 0 Å². The predicted octanol–water partition coefficient (Wildman–Crippen LogP) is 4.48. The first kappa shape index (κ1) is 14.3. The van der Waals surface area contributed by atoms with Gasteiger partial charge in [0, 0.05) is 6.61 Å². The van der Waals surface area contributed by atoms with Crippen molar-refractivity contribution in [3.8, 4) is 0 Å². The molecule has 2 aliphatic rings. The van der Waals surface area contributed by atoms with Crippen LogP contribution in [0, 0.1) is 17.8 Å². The Morgan fingerprint density at radius 1 is 0.889 bits per heavy atom. The first-order valence-corrected chi connectivity index (χ1v) is 8.06.